The summed E-state index contributed by atoms with van der Waals surface area (Å²) in [5, 5.41) is 12.2. The first kappa shape index (κ1) is 12.2. The Morgan fingerprint density at radius 2 is 2.33 bits per heavy atom. The number of nitrogens with one attached hydrogen (secondary N) is 1. The van der Waals surface area contributed by atoms with E-state index < -0.39 is 0 Å². The lowest BCUT2D eigenvalue weighted by Crippen LogP contribution is -2.17. The van der Waals surface area contributed by atoms with Gasteiger partial charge >= 0.3 is 0 Å². The van der Waals surface area contributed by atoms with Gasteiger partial charge in [0.05, 0.1) is 12.0 Å². The highest BCUT2D eigenvalue weighted by molar-refractivity contribution is 5.53. The first-order valence-corrected chi connectivity index (χ1v) is 5.93. The van der Waals surface area contributed by atoms with Gasteiger partial charge in [0.15, 0.2) is 5.69 Å². The van der Waals surface area contributed by atoms with Gasteiger partial charge in [0.25, 0.3) is 0 Å². The van der Waals surface area contributed by atoms with E-state index in [-0.39, 0.29) is 6.04 Å². The van der Waals surface area contributed by atoms with E-state index in [4.69, 9.17) is 9.68 Å². The molecule has 2 aromatic rings. The van der Waals surface area contributed by atoms with Crippen LogP contribution in [0.4, 0.5) is 5.69 Å². The molecule has 2 aromatic heterocycles. The van der Waals surface area contributed by atoms with Crippen LogP contribution >= 0.6 is 0 Å². The van der Waals surface area contributed by atoms with Crippen molar-refractivity contribution >= 4 is 5.69 Å². The molecular weight excluding hydrogens is 226 g/mol. The zero-order chi connectivity index (χ0) is 12.8. The lowest BCUT2D eigenvalue weighted by atomic mass is 10.1. The van der Waals surface area contributed by atoms with Crippen molar-refractivity contribution in [2.24, 2.45) is 0 Å². The average molecular weight is 241 g/mol. The van der Waals surface area contributed by atoms with Gasteiger partial charge in [-0.1, -0.05) is 0 Å². The predicted molar refractivity (Wildman–Crippen MR) is 69.1 cm³/mol. The van der Waals surface area contributed by atoms with Crippen LogP contribution < -0.4 is 5.32 Å². The van der Waals surface area contributed by atoms with Crippen LogP contribution in [0, 0.1) is 11.3 Å². The zero-order valence-electron chi connectivity index (χ0n) is 10.3. The van der Waals surface area contributed by atoms with Crippen LogP contribution in [-0.2, 0) is 6.42 Å². The van der Waals surface area contributed by atoms with Crippen molar-refractivity contribution in [2.45, 2.75) is 25.8 Å². The van der Waals surface area contributed by atoms with Gasteiger partial charge in [0.1, 0.15) is 11.8 Å². The van der Waals surface area contributed by atoms with Crippen LogP contribution in [0.15, 0.2) is 41.1 Å². The third-order valence-corrected chi connectivity index (χ3v) is 2.72. The number of hydrogen-bond acceptors (Lipinski definition) is 4. The molecule has 0 aliphatic carbocycles. The fraction of sp³-hybridized carbons (Fsp3) is 0.286. The molecule has 2 heterocycles. The van der Waals surface area contributed by atoms with Crippen LogP contribution in [0.2, 0.25) is 0 Å². The summed E-state index contributed by atoms with van der Waals surface area (Å²) >= 11 is 0. The van der Waals surface area contributed by atoms with E-state index in [1.165, 1.54) is 0 Å². The molecule has 1 N–H and O–H groups in total. The van der Waals surface area contributed by atoms with Gasteiger partial charge < -0.3 is 9.73 Å². The molecule has 0 amide bonds. The van der Waals surface area contributed by atoms with E-state index in [9.17, 15) is 0 Å². The topological polar surface area (TPSA) is 61.9 Å². The molecule has 4 nitrogen and oxygen atoms in total. The van der Waals surface area contributed by atoms with Crippen molar-refractivity contribution in [1.29, 1.82) is 5.26 Å². The Bertz CT molecular complexity index is 528. The second-order valence-electron chi connectivity index (χ2n) is 4.17. The molecule has 1 unspecified atom stereocenters. The summed E-state index contributed by atoms with van der Waals surface area (Å²) in [4.78, 5) is 4.02. The molecule has 0 fully saturated rings. The number of furan rings is 1. The van der Waals surface area contributed by atoms with Crippen molar-refractivity contribution in [3.63, 3.8) is 0 Å². The molecule has 0 saturated heterocycles. The summed E-state index contributed by atoms with van der Waals surface area (Å²) in [6.45, 7) is 2.08. The maximum absolute atomic E-state index is 8.94. The standard InChI is InChI=1S/C14H15N3O/c1-11(6-7-12-4-3-9-18-12)17-13-5-2-8-16-14(13)10-15/h2-5,8-9,11,17H,6-7H2,1H3. The number of anilines is 1. The minimum atomic E-state index is 0.256. The van der Waals surface area contributed by atoms with Crippen LogP contribution in [-0.4, -0.2) is 11.0 Å². The maximum Gasteiger partial charge on any atom is 0.163 e. The van der Waals surface area contributed by atoms with Gasteiger partial charge in [-0.05, 0) is 37.6 Å². The molecule has 4 heteroatoms. The van der Waals surface area contributed by atoms with E-state index in [2.05, 4.69) is 23.3 Å². The fourth-order valence-electron chi connectivity index (χ4n) is 1.76. The Kier molecular flexibility index (Phi) is 3.98. The monoisotopic (exact) mass is 241 g/mol. The fourth-order valence-corrected chi connectivity index (χ4v) is 1.76. The molecule has 0 aliphatic rings. The number of nitrogens with zero attached hydrogens (tertiary/aromatic N) is 2. The molecule has 1 atom stereocenters. The van der Waals surface area contributed by atoms with Gasteiger partial charge in [-0.15, -0.1) is 0 Å². The van der Waals surface area contributed by atoms with Crippen LogP contribution in [0.25, 0.3) is 0 Å². The minimum absolute atomic E-state index is 0.256. The van der Waals surface area contributed by atoms with Crippen molar-refractivity contribution in [3.05, 3.63) is 48.2 Å². The number of aromatic nitrogens is 1. The van der Waals surface area contributed by atoms with Gasteiger partial charge in [-0.2, -0.15) is 5.26 Å². The number of pyridine rings is 1. The first-order valence-electron chi connectivity index (χ1n) is 5.93. The number of hydrogen-bond donors (Lipinski definition) is 1. The maximum atomic E-state index is 8.94. The second-order valence-corrected chi connectivity index (χ2v) is 4.17. The first-order chi connectivity index (χ1) is 8.79. The summed E-state index contributed by atoms with van der Waals surface area (Å²) in [6, 6.07) is 9.89. The highest BCUT2D eigenvalue weighted by atomic mass is 16.3. The van der Waals surface area contributed by atoms with E-state index in [0.717, 1.165) is 24.3 Å². The van der Waals surface area contributed by atoms with Crippen molar-refractivity contribution in [3.8, 4) is 6.07 Å². The van der Waals surface area contributed by atoms with Gasteiger partial charge in [0.2, 0.25) is 0 Å². The number of rotatable bonds is 5. The van der Waals surface area contributed by atoms with Crippen molar-refractivity contribution < 1.29 is 4.42 Å². The summed E-state index contributed by atoms with van der Waals surface area (Å²) in [7, 11) is 0. The Balaban J connectivity index is 1.91. The van der Waals surface area contributed by atoms with Gasteiger partial charge in [0, 0.05) is 18.7 Å². The molecule has 0 aromatic carbocycles. The third kappa shape index (κ3) is 3.11. The highest BCUT2D eigenvalue weighted by Gasteiger charge is 2.07. The Morgan fingerprint density at radius 1 is 1.44 bits per heavy atom. The minimum Gasteiger partial charge on any atom is -0.469 e. The molecule has 2 rings (SSSR count). The summed E-state index contributed by atoms with van der Waals surface area (Å²) in [5.41, 5.74) is 1.22. The SMILES string of the molecule is CC(CCc1ccco1)Nc1cccnc1C#N. The van der Waals surface area contributed by atoms with E-state index in [0.29, 0.717) is 5.69 Å². The number of nitriles is 1. The molecule has 0 spiro atoms. The van der Waals surface area contributed by atoms with Gasteiger partial charge in [-0.3, -0.25) is 0 Å². The lowest BCUT2D eigenvalue weighted by Gasteiger charge is -2.14. The smallest absolute Gasteiger partial charge is 0.163 e. The van der Waals surface area contributed by atoms with Crippen LogP contribution in [0.3, 0.4) is 0 Å². The summed E-state index contributed by atoms with van der Waals surface area (Å²) in [5.74, 6) is 0.982. The molecule has 0 bridgehead atoms. The Hall–Kier alpha value is -2.28. The summed E-state index contributed by atoms with van der Waals surface area (Å²) in [6.07, 6.45) is 5.12. The molecule has 18 heavy (non-hydrogen) atoms. The molecule has 0 aliphatic heterocycles. The zero-order valence-corrected chi connectivity index (χ0v) is 10.3. The van der Waals surface area contributed by atoms with Crippen LogP contribution in [0.1, 0.15) is 24.8 Å². The van der Waals surface area contributed by atoms with Crippen molar-refractivity contribution in [2.75, 3.05) is 5.32 Å². The molecular formula is C14H15N3O. The number of aryl methyl sites for hydroxylation is 1. The highest BCUT2D eigenvalue weighted by Crippen LogP contribution is 2.14. The average Bonchev–Trinajstić information content (AvgIpc) is 2.90. The quantitative estimate of drug-likeness (QED) is 0.874. The Morgan fingerprint density at radius 3 is 3.06 bits per heavy atom. The van der Waals surface area contributed by atoms with E-state index in [1.807, 2.05) is 24.3 Å². The Labute approximate surface area is 106 Å². The molecule has 0 radical (unpaired) electrons. The van der Waals surface area contributed by atoms with E-state index in [1.54, 1.807) is 12.5 Å². The third-order valence-electron chi connectivity index (χ3n) is 2.72. The van der Waals surface area contributed by atoms with Gasteiger partial charge in [-0.25, -0.2) is 4.98 Å². The predicted octanol–water partition coefficient (Wildman–Crippen LogP) is 2.98. The molecule has 92 valence electrons. The summed E-state index contributed by atoms with van der Waals surface area (Å²) < 4.78 is 5.29. The van der Waals surface area contributed by atoms with E-state index >= 15 is 0 Å². The van der Waals surface area contributed by atoms with Crippen LogP contribution in [0.5, 0.6) is 0 Å². The normalized spacial score (nSPS) is 11.8. The molecule has 0 saturated carbocycles. The lowest BCUT2D eigenvalue weighted by molar-refractivity contribution is 0.495. The second kappa shape index (κ2) is 5.87. The van der Waals surface area contributed by atoms with Crippen molar-refractivity contribution in [1.82, 2.24) is 4.98 Å². The largest absolute Gasteiger partial charge is 0.469 e.